The Morgan fingerprint density at radius 1 is 1.15 bits per heavy atom. The Labute approximate surface area is 165 Å². The topological polar surface area (TPSA) is 43.6 Å². The zero-order valence-corrected chi connectivity index (χ0v) is 16.5. The van der Waals surface area contributed by atoms with Gasteiger partial charge in [0.25, 0.3) is 0 Å². The Kier molecular flexibility index (Phi) is 5.53. The average molecular weight is 381 g/mol. The van der Waals surface area contributed by atoms with Gasteiger partial charge in [-0.05, 0) is 42.5 Å². The summed E-state index contributed by atoms with van der Waals surface area (Å²) in [7, 11) is 0. The number of pyridine rings is 2. The van der Waals surface area contributed by atoms with Gasteiger partial charge in [0.2, 0.25) is 0 Å². The summed E-state index contributed by atoms with van der Waals surface area (Å²) in [6, 6.07) is 6.13. The number of hydrogen-bond acceptors (Lipinski definition) is 3. The number of hydrogen-bond donors (Lipinski definition) is 0. The third-order valence-electron chi connectivity index (χ3n) is 5.32. The fraction of sp³-hybridized carbons (Fsp3) is 0.409. The molecule has 4 nitrogen and oxygen atoms in total. The molecule has 0 aromatic carbocycles. The van der Waals surface area contributed by atoms with E-state index in [-0.39, 0.29) is 0 Å². The minimum absolute atomic E-state index is 0.700. The molecule has 140 valence electrons. The van der Waals surface area contributed by atoms with Crippen molar-refractivity contribution in [3.8, 4) is 16.9 Å². The second kappa shape index (κ2) is 8.22. The minimum Gasteiger partial charge on any atom is -0.261 e. The SMILES string of the molecule is CCCc1cc(-n2cc(-c3ncc(CC4CCCC4)cc3Cl)cn2)ccn1. The fourth-order valence-electron chi connectivity index (χ4n) is 3.94. The molecule has 0 bridgehead atoms. The first kappa shape index (κ1) is 18.2. The van der Waals surface area contributed by atoms with Crippen LogP contribution in [-0.2, 0) is 12.8 Å². The molecular weight excluding hydrogens is 356 g/mol. The van der Waals surface area contributed by atoms with Crippen LogP contribution in [-0.4, -0.2) is 19.7 Å². The van der Waals surface area contributed by atoms with Crippen molar-refractivity contribution < 1.29 is 0 Å². The molecule has 0 N–H and O–H groups in total. The largest absolute Gasteiger partial charge is 0.261 e. The summed E-state index contributed by atoms with van der Waals surface area (Å²) >= 11 is 6.56. The quantitative estimate of drug-likeness (QED) is 0.553. The zero-order chi connectivity index (χ0) is 18.6. The molecule has 0 radical (unpaired) electrons. The van der Waals surface area contributed by atoms with Crippen molar-refractivity contribution in [3.63, 3.8) is 0 Å². The molecule has 27 heavy (non-hydrogen) atoms. The third kappa shape index (κ3) is 4.22. The van der Waals surface area contributed by atoms with Crippen LogP contribution in [0.15, 0.2) is 43.0 Å². The number of nitrogens with zero attached hydrogens (tertiary/aromatic N) is 4. The van der Waals surface area contributed by atoms with Crippen LogP contribution in [0.4, 0.5) is 0 Å². The summed E-state index contributed by atoms with van der Waals surface area (Å²) in [6.07, 6.45) is 16.1. The maximum atomic E-state index is 6.56. The van der Waals surface area contributed by atoms with Gasteiger partial charge in [-0.2, -0.15) is 5.10 Å². The summed E-state index contributed by atoms with van der Waals surface area (Å²) in [6.45, 7) is 2.16. The zero-order valence-electron chi connectivity index (χ0n) is 15.7. The van der Waals surface area contributed by atoms with Gasteiger partial charge >= 0.3 is 0 Å². The molecule has 0 unspecified atom stereocenters. The molecule has 1 fully saturated rings. The summed E-state index contributed by atoms with van der Waals surface area (Å²) in [4.78, 5) is 9.06. The molecule has 1 aliphatic rings. The number of aromatic nitrogens is 4. The molecule has 1 aliphatic carbocycles. The van der Waals surface area contributed by atoms with Crippen LogP contribution in [0.25, 0.3) is 16.9 Å². The van der Waals surface area contributed by atoms with Crippen molar-refractivity contribution in [2.24, 2.45) is 5.92 Å². The van der Waals surface area contributed by atoms with E-state index in [9.17, 15) is 0 Å². The van der Waals surface area contributed by atoms with E-state index in [4.69, 9.17) is 11.6 Å². The number of halogens is 1. The van der Waals surface area contributed by atoms with Crippen LogP contribution in [0.5, 0.6) is 0 Å². The average Bonchev–Trinajstić information content (AvgIpc) is 3.34. The Morgan fingerprint density at radius 3 is 2.78 bits per heavy atom. The van der Waals surface area contributed by atoms with Gasteiger partial charge in [0.05, 0.1) is 22.6 Å². The molecule has 0 saturated heterocycles. The van der Waals surface area contributed by atoms with Crippen molar-refractivity contribution in [2.75, 3.05) is 0 Å². The molecule has 1 saturated carbocycles. The standard InChI is InChI=1S/C22H25ClN4/c1-2-5-19-12-20(8-9-24-19)27-15-18(14-26-27)22-21(23)11-17(13-25-22)10-16-6-3-4-7-16/h8-9,11-16H,2-7,10H2,1H3. The number of rotatable bonds is 6. The molecular formula is C22H25ClN4. The van der Waals surface area contributed by atoms with E-state index in [2.05, 4.69) is 34.1 Å². The van der Waals surface area contributed by atoms with E-state index in [1.165, 1.54) is 31.2 Å². The number of aryl methyl sites for hydroxylation is 1. The van der Waals surface area contributed by atoms with Crippen molar-refractivity contribution in [2.45, 2.75) is 51.9 Å². The molecule has 0 aliphatic heterocycles. The van der Waals surface area contributed by atoms with Gasteiger partial charge in [0.15, 0.2) is 0 Å². The molecule has 0 atom stereocenters. The summed E-state index contributed by atoms with van der Waals surface area (Å²) in [5.74, 6) is 0.792. The van der Waals surface area contributed by atoms with Gasteiger partial charge < -0.3 is 0 Å². The van der Waals surface area contributed by atoms with E-state index in [0.29, 0.717) is 5.02 Å². The van der Waals surface area contributed by atoms with Gasteiger partial charge in [0, 0.05) is 29.8 Å². The molecule has 0 amide bonds. The summed E-state index contributed by atoms with van der Waals surface area (Å²) in [5, 5.41) is 5.20. The van der Waals surface area contributed by atoms with Gasteiger partial charge in [-0.1, -0.05) is 50.6 Å². The van der Waals surface area contributed by atoms with Crippen LogP contribution in [0, 0.1) is 5.92 Å². The molecule has 0 spiro atoms. The third-order valence-corrected chi connectivity index (χ3v) is 5.61. The van der Waals surface area contributed by atoms with Crippen LogP contribution >= 0.6 is 11.6 Å². The normalized spacial score (nSPS) is 14.7. The molecule has 3 heterocycles. The Hall–Kier alpha value is -2.20. The van der Waals surface area contributed by atoms with E-state index < -0.39 is 0 Å². The predicted molar refractivity (Wildman–Crippen MR) is 109 cm³/mol. The first-order valence-corrected chi connectivity index (χ1v) is 10.3. The van der Waals surface area contributed by atoms with Crippen LogP contribution in [0.3, 0.4) is 0 Å². The molecule has 3 aromatic rings. The lowest BCUT2D eigenvalue weighted by atomic mass is 9.99. The van der Waals surface area contributed by atoms with Gasteiger partial charge in [-0.25, -0.2) is 4.68 Å². The van der Waals surface area contributed by atoms with Crippen molar-refractivity contribution in [1.82, 2.24) is 19.7 Å². The van der Waals surface area contributed by atoms with Crippen LogP contribution < -0.4 is 0 Å². The Balaban J connectivity index is 1.55. The minimum atomic E-state index is 0.700. The lowest BCUT2D eigenvalue weighted by molar-refractivity contribution is 0.545. The highest BCUT2D eigenvalue weighted by molar-refractivity contribution is 6.33. The maximum Gasteiger partial charge on any atom is 0.0919 e. The second-order valence-electron chi connectivity index (χ2n) is 7.46. The monoisotopic (exact) mass is 380 g/mol. The van der Waals surface area contributed by atoms with Gasteiger partial charge in [-0.3, -0.25) is 9.97 Å². The first-order chi connectivity index (χ1) is 13.2. The van der Waals surface area contributed by atoms with E-state index in [1.807, 2.05) is 35.5 Å². The summed E-state index contributed by atoms with van der Waals surface area (Å²) < 4.78 is 1.86. The van der Waals surface area contributed by atoms with Crippen molar-refractivity contribution in [3.05, 3.63) is 59.3 Å². The highest BCUT2D eigenvalue weighted by atomic mass is 35.5. The van der Waals surface area contributed by atoms with E-state index in [0.717, 1.165) is 47.8 Å². The Morgan fingerprint density at radius 2 is 2.00 bits per heavy atom. The van der Waals surface area contributed by atoms with Crippen LogP contribution in [0.1, 0.15) is 50.3 Å². The van der Waals surface area contributed by atoms with Gasteiger partial charge in [-0.15, -0.1) is 0 Å². The Bertz CT molecular complexity index is 912. The van der Waals surface area contributed by atoms with Crippen molar-refractivity contribution in [1.29, 1.82) is 0 Å². The molecule has 4 rings (SSSR count). The molecule has 3 aromatic heterocycles. The van der Waals surface area contributed by atoms with E-state index in [1.54, 1.807) is 0 Å². The predicted octanol–water partition coefficient (Wildman–Crippen LogP) is 5.67. The lowest BCUT2D eigenvalue weighted by Gasteiger charge is -2.10. The smallest absolute Gasteiger partial charge is 0.0919 e. The highest BCUT2D eigenvalue weighted by Gasteiger charge is 2.17. The van der Waals surface area contributed by atoms with E-state index >= 15 is 0 Å². The van der Waals surface area contributed by atoms with Crippen LogP contribution in [0.2, 0.25) is 5.02 Å². The highest BCUT2D eigenvalue weighted by Crippen LogP contribution is 2.31. The fourth-order valence-corrected chi connectivity index (χ4v) is 4.23. The van der Waals surface area contributed by atoms with Gasteiger partial charge in [0.1, 0.15) is 0 Å². The first-order valence-electron chi connectivity index (χ1n) is 9.87. The maximum absolute atomic E-state index is 6.56. The second-order valence-corrected chi connectivity index (χ2v) is 7.86. The summed E-state index contributed by atoms with van der Waals surface area (Å²) in [5.41, 5.74) is 5.05. The molecule has 5 heteroatoms. The van der Waals surface area contributed by atoms with Crippen molar-refractivity contribution >= 4 is 11.6 Å². The lowest BCUT2D eigenvalue weighted by Crippen LogP contribution is -2.00.